The summed E-state index contributed by atoms with van der Waals surface area (Å²) in [6.45, 7) is 7.28. The number of aliphatic hydroxyl groups excluding tert-OH is 1. The lowest BCUT2D eigenvalue weighted by molar-refractivity contribution is -0.161. The molecule has 0 amide bonds. The van der Waals surface area contributed by atoms with Gasteiger partial charge < -0.3 is 33.8 Å². The number of phosphoric ester groups is 2. The average molecular weight is 1480 g/mol. The van der Waals surface area contributed by atoms with Gasteiger partial charge in [-0.3, -0.25) is 37.3 Å². The van der Waals surface area contributed by atoms with E-state index in [0.717, 1.165) is 96.3 Å². The minimum absolute atomic E-state index is 0.107. The number of phosphoric acid groups is 2. The van der Waals surface area contributed by atoms with Gasteiger partial charge in [0.05, 0.1) is 26.4 Å². The molecule has 0 bridgehead atoms. The predicted molar refractivity (Wildman–Crippen MR) is 414 cm³/mol. The summed E-state index contributed by atoms with van der Waals surface area (Å²) >= 11 is 0. The van der Waals surface area contributed by atoms with E-state index < -0.39 is 97.5 Å². The lowest BCUT2D eigenvalue weighted by Gasteiger charge is -2.21. The van der Waals surface area contributed by atoms with Gasteiger partial charge >= 0.3 is 39.5 Å². The summed E-state index contributed by atoms with van der Waals surface area (Å²) in [6, 6.07) is 0. The van der Waals surface area contributed by atoms with Crippen LogP contribution in [0.15, 0.2) is 0 Å². The Kier molecular flexibility index (Phi) is 73.5. The van der Waals surface area contributed by atoms with Crippen LogP contribution in [0, 0.1) is 5.92 Å². The number of unbranched alkanes of at least 4 members (excludes halogenated alkanes) is 54. The second-order valence-electron chi connectivity index (χ2n) is 30.0. The number of aliphatic hydroxyl groups is 1. The fourth-order valence-corrected chi connectivity index (χ4v) is 14.3. The lowest BCUT2D eigenvalue weighted by Crippen LogP contribution is -2.30. The Morgan fingerprint density at radius 2 is 0.455 bits per heavy atom. The lowest BCUT2D eigenvalue weighted by atomic mass is 10.0. The summed E-state index contributed by atoms with van der Waals surface area (Å²) in [5.74, 6) is -1.40. The molecule has 0 aromatic heterocycles. The summed E-state index contributed by atoms with van der Waals surface area (Å²) in [7, 11) is -9.92. The van der Waals surface area contributed by atoms with Crippen molar-refractivity contribution in [3.8, 4) is 0 Å². The molecule has 2 unspecified atom stereocenters. The molecule has 0 radical (unpaired) electrons. The number of hydrogen-bond donors (Lipinski definition) is 3. The van der Waals surface area contributed by atoms with Crippen molar-refractivity contribution in [2.24, 2.45) is 5.92 Å². The molecular weight excluding hydrogens is 1320 g/mol. The maximum Gasteiger partial charge on any atom is 0.472 e. The molecule has 0 aliphatic heterocycles. The maximum atomic E-state index is 13.1. The van der Waals surface area contributed by atoms with Crippen molar-refractivity contribution in [2.75, 3.05) is 39.6 Å². The number of esters is 4. The third-order valence-electron chi connectivity index (χ3n) is 19.3. The molecule has 3 N–H and O–H groups in total. The van der Waals surface area contributed by atoms with Gasteiger partial charge in [0.1, 0.15) is 19.3 Å². The van der Waals surface area contributed by atoms with E-state index in [1.54, 1.807) is 0 Å². The first-order valence-corrected chi connectivity index (χ1v) is 45.6. The second kappa shape index (κ2) is 74.9. The molecule has 19 heteroatoms. The van der Waals surface area contributed by atoms with Gasteiger partial charge in [0, 0.05) is 25.7 Å². The van der Waals surface area contributed by atoms with Gasteiger partial charge in [-0.15, -0.1) is 0 Å². The quantitative estimate of drug-likeness (QED) is 0.0222. The molecule has 0 aliphatic rings. The zero-order valence-corrected chi connectivity index (χ0v) is 67.8. The molecule has 600 valence electrons. The first kappa shape index (κ1) is 99.1. The average Bonchev–Trinajstić information content (AvgIpc) is 0.956. The molecule has 0 heterocycles. The largest absolute Gasteiger partial charge is 0.472 e. The van der Waals surface area contributed by atoms with Crippen LogP contribution >= 0.6 is 15.6 Å². The SMILES string of the molecule is CCCCCCCCCCCCCCCCCCCCCCCCC(=O)O[C@H](COC(=O)CCCCCCCCCCCCCCCCCC)COP(=O)(O)OC[C@@H](O)COP(=O)(O)OC[C@@H](COC(=O)CCCCCCCCCC(C)C)OC(=O)CCCCCCCCCCCCCCC. The number of carbonyl (C=O) groups excluding carboxylic acids is 4. The van der Waals surface area contributed by atoms with Crippen LogP contribution in [0.25, 0.3) is 0 Å². The van der Waals surface area contributed by atoms with Crippen molar-refractivity contribution in [3.05, 3.63) is 0 Å². The zero-order chi connectivity index (χ0) is 74.1. The molecular formula is C82H160O17P2. The van der Waals surface area contributed by atoms with E-state index >= 15 is 0 Å². The van der Waals surface area contributed by atoms with Gasteiger partial charge in [-0.2, -0.15) is 0 Å². The van der Waals surface area contributed by atoms with Gasteiger partial charge in [0.2, 0.25) is 0 Å². The van der Waals surface area contributed by atoms with E-state index in [2.05, 4.69) is 34.6 Å². The molecule has 101 heavy (non-hydrogen) atoms. The molecule has 0 aliphatic carbocycles. The van der Waals surface area contributed by atoms with Crippen molar-refractivity contribution < 1.29 is 80.2 Å². The van der Waals surface area contributed by atoms with E-state index in [1.165, 1.54) is 257 Å². The van der Waals surface area contributed by atoms with Crippen LogP contribution in [0.5, 0.6) is 0 Å². The Morgan fingerprint density at radius 3 is 0.673 bits per heavy atom. The van der Waals surface area contributed by atoms with Crippen LogP contribution in [0.1, 0.15) is 439 Å². The molecule has 17 nitrogen and oxygen atoms in total. The first-order chi connectivity index (χ1) is 49.0. The Bertz CT molecular complexity index is 1930. The number of ether oxygens (including phenoxy) is 4. The number of rotatable bonds is 82. The Hall–Kier alpha value is -1.94. The van der Waals surface area contributed by atoms with Crippen LogP contribution in [0.4, 0.5) is 0 Å². The fourth-order valence-electron chi connectivity index (χ4n) is 12.8. The highest BCUT2D eigenvalue weighted by Gasteiger charge is 2.30. The van der Waals surface area contributed by atoms with Gasteiger partial charge in [-0.1, -0.05) is 388 Å². The fraction of sp³-hybridized carbons (Fsp3) is 0.951. The van der Waals surface area contributed by atoms with Crippen molar-refractivity contribution >= 4 is 39.5 Å². The van der Waals surface area contributed by atoms with Crippen molar-refractivity contribution in [3.63, 3.8) is 0 Å². The third-order valence-corrected chi connectivity index (χ3v) is 21.2. The third kappa shape index (κ3) is 76.1. The smallest absolute Gasteiger partial charge is 0.462 e. The minimum Gasteiger partial charge on any atom is -0.462 e. The number of carbonyl (C=O) groups is 4. The van der Waals surface area contributed by atoms with Gasteiger partial charge in [0.15, 0.2) is 12.2 Å². The van der Waals surface area contributed by atoms with Crippen LogP contribution in [-0.2, 0) is 65.4 Å². The first-order valence-electron chi connectivity index (χ1n) is 42.6. The molecule has 0 aromatic rings. The zero-order valence-electron chi connectivity index (χ0n) is 66.1. The van der Waals surface area contributed by atoms with Crippen LogP contribution in [-0.4, -0.2) is 96.7 Å². The van der Waals surface area contributed by atoms with Crippen molar-refractivity contribution in [1.29, 1.82) is 0 Å². The summed E-state index contributed by atoms with van der Waals surface area (Å²) in [5.41, 5.74) is 0. The molecule has 0 saturated heterocycles. The minimum atomic E-state index is -4.96. The molecule has 0 fully saturated rings. The maximum absolute atomic E-state index is 13.1. The van der Waals surface area contributed by atoms with E-state index in [4.69, 9.17) is 37.0 Å². The van der Waals surface area contributed by atoms with E-state index in [1.807, 2.05) is 0 Å². The van der Waals surface area contributed by atoms with Crippen LogP contribution in [0.2, 0.25) is 0 Å². The summed E-state index contributed by atoms with van der Waals surface area (Å²) < 4.78 is 68.7. The molecule has 5 atom stereocenters. The Morgan fingerprint density at radius 1 is 0.267 bits per heavy atom. The Balaban J connectivity index is 5.20. The van der Waals surface area contributed by atoms with Gasteiger partial charge in [-0.05, 0) is 31.6 Å². The molecule has 0 rings (SSSR count). The van der Waals surface area contributed by atoms with E-state index in [0.29, 0.717) is 31.6 Å². The number of hydrogen-bond acceptors (Lipinski definition) is 15. The summed E-state index contributed by atoms with van der Waals surface area (Å²) in [5, 5.41) is 10.6. The standard InChI is InChI=1S/C82H160O17P2/c1-6-9-12-15-18-21-24-27-29-31-32-33-34-35-36-38-41-44-47-52-58-63-68-82(87)98-77(71-92-79(84)65-60-55-50-45-42-40-37-30-28-25-22-19-16-13-10-7-2)73-96-100(88,89)94-69-76(83)70-95-101(90,91)97-74-78(72-93-80(85)66-61-56-53-48-49-54-59-64-75(4)5)99-81(86)67-62-57-51-46-43-39-26-23-20-17-14-11-8-3/h75-78,83H,6-74H2,1-5H3,(H,88,89)(H,90,91)/t76-,77-,78-/m1/s1. The highest BCUT2D eigenvalue weighted by atomic mass is 31.2. The highest BCUT2D eigenvalue weighted by Crippen LogP contribution is 2.45. The van der Waals surface area contributed by atoms with E-state index in [9.17, 15) is 43.2 Å². The molecule has 0 saturated carbocycles. The molecule has 0 spiro atoms. The Labute approximate surface area is 619 Å². The van der Waals surface area contributed by atoms with Crippen molar-refractivity contribution in [2.45, 2.75) is 457 Å². The van der Waals surface area contributed by atoms with Crippen LogP contribution < -0.4 is 0 Å². The summed E-state index contributed by atoms with van der Waals surface area (Å²) in [6.07, 6.45) is 66.8. The molecule has 0 aromatic carbocycles. The highest BCUT2D eigenvalue weighted by molar-refractivity contribution is 7.47. The summed E-state index contributed by atoms with van der Waals surface area (Å²) in [4.78, 5) is 73.0. The van der Waals surface area contributed by atoms with Crippen LogP contribution in [0.3, 0.4) is 0 Å². The monoisotopic (exact) mass is 1480 g/mol. The topological polar surface area (TPSA) is 237 Å². The predicted octanol–water partition coefficient (Wildman–Crippen LogP) is 24.8. The van der Waals surface area contributed by atoms with Gasteiger partial charge in [0.25, 0.3) is 0 Å². The normalized spacial score (nSPS) is 13.8. The van der Waals surface area contributed by atoms with Gasteiger partial charge in [-0.25, -0.2) is 9.13 Å². The van der Waals surface area contributed by atoms with Crippen molar-refractivity contribution in [1.82, 2.24) is 0 Å². The second-order valence-corrected chi connectivity index (χ2v) is 32.9. The van der Waals surface area contributed by atoms with E-state index in [-0.39, 0.29) is 25.7 Å².